The van der Waals surface area contributed by atoms with Crippen molar-refractivity contribution in [2.75, 3.05) is 6.54 Å². The molecule has 0 spiro atoms. The van der Waals surface area contributed by atoms with E-state index in [4.69, 9.17) is 0 Å². The zero-order chi connectivity index (χ0) is 17.8. The minimum absolute atomic E-state index is 0.0359. The van der Waals surface area contributed by atoms with Gasteiger partial charge in [0.2, 0.25) is 11.1 Å². The van der Waals surface area contributed by atoms with Crippen LogP contribution in [0.25, 0.3) is 0 Å². The van der Waals surface area contributed by atoms with E-state index in [1.54, 1.807) is 0 Å². The fourth-order valence-electron chi connectivity index (χ4n) is 2.48. The predicted molar refractivity (Wildman–Crippen MR) is 94.6 cm³/mol. The van der Waals surface area contributed by atoms with Crippen LogP contribution < -0.4 is 5.32 Å². The summed E-state index contributed by atoms with van der Waals surface area (Å²) in [6, 6.07) is 7.93. The number of ketones is 1. The van der Waals surface area contributed by atoms with Gasteiger partial charge >= 0.3 is 0 Å². The van der Waals surface area contributed by atoms with Crippen LogP contribution in [0.4, 0.5) is 0 Å². The second kappa shape index (κ2) is 7.77. The average molecular weight is 359 g/mol. The number of thioether (sulfide) groups is 1. The minimum Gasteiger partial charge on any atom is -0.356 e. The Morgan fingerprint density at radius 1 is 1.32 bits per heavy atom. The lowest BCUT2D eigenvalue weighted by Gasteiger charge is -2.10. The van der Waals surface area contributed by atoms with Crippen molar-refractivity contribution in [2.24, 2.45) is 0 Å². The summed E-state index contributed by atoms with van der Waals surface area (Å²) in [5, 5.41) is 15.0. The first kappa shape index (κ1) is 17.6. The molecule has 1 aromatic heterocycles. The van der Waals surface area contributed by atoms with Crippen molar-refractivity contribution < 1.29 is 9.59 Å². The molecule has 1 aliphatic rings. The first-order valence-electron chi connectivity index (χ1n) is 8.36. The van der Waals surface area contributed by atoms with Gasteiger partial charge < -0.3 is 5.32 Å². The number of Topliss-reactive ketones (excluding diaryl/α,β-unsaturated/α-hetero) is 1. The summed E-state index contributed by atoms with van der Waals surface area (Å²) in [6.07, 6.45) is 2.94. The maximum absolute atomic E-state index is 12.6. The smallest absolute Gasteiger partial charge is 0.216 e. The predicted octanol–water partition coefficient (Wildman–Crippen LogP) is 2.05. The van der Waals surface area contributed by atoms with Crippen LogP contribution in [0.15, 0.2) is 29.4 Å². The Kier molecular flexibility index (Phi) is 5.47. The number of hydrogen-bond donors (Lipinski definition) is 1. The third-order valence-electron chi connectivity index (χ3n) is 4.03. The van der Waals surface area contributed by atoms with E-state index in [0.717, 1.165) is 24.8 Å². The van der Waals surface area contributed by atoms with Crippen LogP contribution in [0.2, 0.25) is 0 Å². The molecule has 1 heterocycles. The quantitative estimate of drug-likeness (QED) is 0.573. The Bertz CT molecular complexity index is 755. The summed E-state index contributed by atoms with van der Waals surface area (Å²) in [5.74, 6) is 0.0231. The van der Waals surface area contributed by atoms with Gasteiger partial charge in [-0.2, -0.15) is 0 Å². The van der Waals surface area contributed by atoms with Gasteiger partial charge in [-0.05, 0) is 42.2 Å². The number of nitrogens with zero attached hydrogens (tertiary/aromatic N) is 4. The number of amides is 1. The fourth-order valence-corrected chi connectivity index (χ4v) is 3.41. The van der Waals surface area contributed by atoms with E-state index in [2.05, 4.69) is 20.8 Å². The molecule has 2 aromatic rings. The number of nitrogens with one attached hydrogen (secondary N) is 1. The third kappa shape index (κ3) is 4.66. The number of hydrogen-bond acceptors (Lipinski definition) is 6. The van der Waals surface area contributed by atoms with E-state index in [9.17, 15) is 9.59 Å². The molecule has 7 nitrogen and oxygen atoms in total. The van der Waals surface area contributed by atoms with Crippen molar-refractivity contribution in [3.05, 3.63) is 35.4 Å². The van der Waals surface area contributed by atoms with Crippen LogP contribution >= 0.6 is 11.8 Å². The van der Waals surface area contributed by atoms with Gasteiger partial charge in [-0.25, -0.2) is 4.68 Å². The molecule has 1 aliphatic carbocycles. The summed E-state index contributed by atoms with van der Waals surface area (Å²) in [7, 11) is 0. The maximum Gasteiger partial charge on any atom is 0.216 e. The van der Waals surface area contributed by atoms with Gasteiger partial charge in [0.25, 0.3) is 0 Å². The summed E-state index contributed by atoms with van der Waals surface area (Å²) >= 11 is 1.40. The standard InChI is InChI=1S/C17H21N5O2S/c1-11(25-17-19-20-21-22(17)15-7-8-15)16(24)14-5-3-13(4-6-14)9-10-18-12(2)23/h3-6,11,15H,7-10H2,1-2H3,(H,18,23). The van der Waals surface area contributed by atoms with E-state index in [0.29, 0.717) is 23.3 Å². The number of aromatic nitrogens is 4. The molecule has 25 heavy (non-hydrogen) atoms. The molecule has 1 atom stereocenters. The van der Waals surface area contributed by atoms with E-state index in [1.165, 1.54) is 18.7 Å². The van der Waals surface area contributed by atoms with Gasteiger partial charge in [0.15, 0.2) is 5.78 Å². The number of tetrazole rings is 1. The Morgan fingerprint density at radius 3 is 2.68 bits per heavy atom. The highest BCUT2D eigenvalue weighted by Gasteiger charge is 2.29. The van der Waals surface area contributed by atoms with Gasteiger partial charge in [-0.15, -0.1) is 5.10 Å². The van der Waals surface area contributed by atoms with Gasteiger partial charge in [0.1, 0.15) is 0 Å². The van der Waals surface area contributed by atoms with Crippen molar-refractivity contribution in [1.29, 1.82) is 0 Å². The largest absolute Gasteiger partial charge is 0.356 e. The molecule has 0 aliphatic heterocycles. The van der Waals surface area contributed by atoms with E-state index >= 15 is 0 Å². The first-order valence-corrected chi connectivity index (χ1v) is 9.24. The topological polar surface area (TPSA) is 89.8 Å². The van der Waals surface area contributed by atoms with Gasteiger partial charge in [-0.1, -0.05) is 36.0 Å². The first-order chi connectivity index (χ1) is 12.0. The second-order valence-corrected chi connectivity index (χ2v) is 7.50. The van der Waals surface area contributed by atoms with Crippen molar-refractivity contribution >= 4 is 23.5 Å². The van der Waals surface area contributed by atoms with Crippen LogP contribution in [0.3, 0.4) is 0 Å². The fraction of sp³-hybridized carbons (Fsp3) is 0.471. The van der Waals surface area contributed by atoms with Crippen LogP contribution in [0.5, 0.6) is 0 Å². The third-order valence-corrected chi connectivity index (χ3v) is 5.08. The lowest BCUT2D eigenvalue weighted by Crippen LogP contribution is -2.22. The van der Waals surface area contributed by atoms with Gasteiger partial charge in [-0.3, -0.25) is 9.59 Å². The Balaban J connectivity index is 1.58. The second-order valence-electron chi connectivity index (χ2n) is 6.19. The summed E-state index contributed by atoms with van der Waals surface area (Å²) in [4.78, 5) is 23.5. The highest BCUT2D eigenvalue weighted by Crippen LogP contribution is 2.37. The molecule has 3 rings (SSSR count). The molecular weight excluding hydrogens is 338 g/mol. The van der Waals surface area contributed by atoms with Crippen LogP contribution in [-0.4, -0.2) is 43.7 Å². The van der Waals surface area contributed by atoms with Gasteiger partial charge in [0, 0.05) is 19.0 Å². The Hall–Kier alpha value is -2.22. The molecule has 1 amide bonds. The van der Waals surface area contributed by atoms with Crippen molar-refractivity contribution in [1.82, 2.24) is 25.5 Å². The number of carbonyl (C=O) groups excluding carboxylic acids is 2. The highest BCUT2D eigenvalue weighted by atomic mass is 32.2. The molecule has 1 fully saturated rings. The molecule has 132 valence electrons. The van der Waals surface area contributed by atoms with Crippen molar-refractivity contribution in [2.45, 2.75) is 49.6 Å². The highest BCUT2D eigenvalue weighted by molar-refractivity contribution is 8.00. The zero-order valence-corrected chi connectivity index (χ0v) is 15.1. The normalized spacial score (nSPS) is 15.0. The average Bonchev–Trinajstić information content (AvgIpc) is 3.34. The molecule has 1 aromatic carbocycles. The van der Waals surface area contributed by atoms with E-state index < -0.39 is 0 Å². The maximum atomic E-state index is 12.6. The number of benzene rings is 1. The van der Waals surface area contributed by atoms with E-state index in [-0.39, 0.29) is 16.9 Å². The molecular formula is C17H21N5O2S. The monoisotopic (exact) mass is 359 g/mol. The van der Waals surface area contributed by atoms with E-state index in [1.807, 2.05) is 35.9 Å². The lowest BCUT2D eigenvalue weighted by atomic mass is 10.0. The van der Waals surface area contributed by atoms with Gasteiger partial charge in [0.05, 0.1) is 11.3 Å². The number of carbonyl (C=O) groups is 2. The molecule has 0 bridgehead atoms. The Morgan fingerprint density at radius 2 is 2.04 bits per heavy atom. The van der Waals surface area contributed by atoms with Crippen LogP contribution in [0, 0.1) is 0 Å². The molecule has 1 N–H and O–H groups in total. The number of rotatable bonds is 8. The summed E-state index contributed by atoms with van der Waals surface area (Å²) < 4.78 is 1.82. The minimum atomic E-state index is -0.256. The summed E-state index contributed by atoms with van der Waals surface area (Å²) in [6.45, 7) is 3.97. The molecule has 0 radical (unpaired) electrons. The zero-order valence-electron chi connectivity index (χ0n) is 14.3. The van der Waals surface area contributed by atoms with Crippen molar-refractivity contribution in [3.63, 3.8) is 0 Å². The van der Waals surface area contributed by atoms with Crippen LogP contribution in [0.1, 0.15) is 48.7 Å². The SMILES string of the molecule is CC(=O)NCCc1ccc(C(=O)C(C)Sc2nnnn2C2CC2)cc1. The molecule has 1 unspecified atom stereocenters. The lowest BCUT2D eigenvalue weighted by molar-refractivity contribution is -0.118. The van der Waals surface area contributed by atoms with Crippen LogP contribution in [-0.2, 0) is 11.2 Å². The van der Waals surface area contributed by atoms with Crippen molar-refractivity contribution in [3.8, 4) is 0 Å². The molecule has 0 saturated heterocycles. The summed E-state index contributed by atoms with van der Waals surface area (Å²) in [5.41, 5.74) is 1.76. The molecule has 1 saturated carbocycles. The Labute approximate surface area is 150 Å². The molecule has 8 heteroatoms.